The summed E-state index contributed by atoms with van der Waals surface area (Å²) in [5, 5.41) is 0.986. The minimum atomic E-state index is -0.455. The predicted molar refractivity (Wildman–Crippen MR) is 82.2 cm³/mol. The first-order valence-electron chi connectivity index (χ1n) is 7.31. The third-order valence-electron chi connectivity index (χ3n) is 4.68. The summed E-state index contributed by atoms with van der Waals surface area (Å²) in [6, 6.07) is 5.21. The largest absolute Gasteiger partial charge is 0.278 e. The Hall–Kier alpha value is -1.06. The minimum absolute atomic E-state index is 0.0387. The van der Waals surface area contributed by atoms with Gasteiger partial charge in [-0.25, -0.2) is 0 Å². The van der Waals surface area contributed by atoms with Crippen LogP contribution in [0, 0.1) is 5.41 Å². The molecule has 0 aromatic heterocycles. The molecule has 112 valence electrons. The first kappa shape index (κ1) is 14.9. The van der Waals surface area contributed by atoms with Gasteiger partial charge in [0.2, 0.25) is 11.8 Å². The Bertz CT molecular complexity index is 574. The molecule has 0 bridgehead atoms. The highest BCUT2D eigenvalue weighted by atomic mass is 35.5. The number of carbonyl (C=O) groups excluding carboxylic acids is 2. The number of carbonyl (C=O) groups is 2. The number of hydrogen-bond acceptors (Lipinski definition) is 2. The number of likely N-dealkylation sites (tertiary alicyclic amines) is 1. The molecule has 3 rings (SSSR count). The van der Waals surface area contributed by atoms with Crippen molar-refractivity contribution in [3.05, 3.63) is 33.8 Å². The van der Waals surface area contributed by atoms with Gasteiger partial charge in [-0.05, 0) is 25.0 Å². The third-order valence-corrected chi connectivity index (χ3v) is 5.39. The molecule has 2 aliphatic rings. The van der Waals surface area contributed by atoms with Gasteiger partial charge >= 0.3 is 0 Å². The van der Waals surface area contributed by atoms with E-state index in [0.717, 1.165) is 32.1 Å². The molecule has 3 nitrogen and oxygen atoms in total. The molecule has 1 aromatic carbocycles. The van der Waals surface area contributed by atoms with Gasteiger partial charge in [0.25, 0.3) is 0 Å². The molecule has 1 aliphatic heterocycles. The number of halogens is 2. The van der Waals surface area contributed by atoms with Gasteiger partial charge in [0.1, 0.15) is 0 Å². The van der Waals surface area contributed by atoms with Crippen LogP contribution >= 0.6 is 23.2 Å². The molecule has 0 radical (unpaired) electrons. The molecule has 1 aliphatic carbocycles. The second-order valence-corrected chi connectivity index (χ2v) is 6.82. The quantitative estimate of drug-likeness (QED) is 0.764. The molecule has 1 heterocycles. The van der Waals surface area contributed by atoms with Crippen LogP contribution in [0.1, 0.15) is 44.1 Å². The van der Waals surface area contributed by atoms with E-state index in [4.69, 9.17) is 23.2 Å². The molecule has 0 N–H and O–H groups in total. The van der Waals surface area contributed by atoms with E-state index in [2.05, 4.69) is 0 Å². The molecule has 0 unspecified atom stereocenters. The summed E-state index contributed by atoms with van der Waals surface area (Å²) in [7, 11) is 0. The second-order valence-electron chi connectivity index (χ2n) is 6.00. The van der Waals surface area contributed by atoms with Gasteiger partial charge in [-0.3, -0.25) is 14.5 Å². The highest BCUT2D eigenvalue weighted by molar-refractivity contribution is 6.36. The normalized spacial score (nSPS) is 21.3. The van der Waals surface area contributed by atoms with Crippen molar-refractivity contribution in [3.8, 4) is 0 Å². The van der Waals surface area contributed by atoms with Crippen molar-refractivity contribution in [1.82, 2.24) is 4.90 Å². The average molecular weight is 326 g/mol. The van der Waals surface area contributed by atoms with Crippen LogP contribution in [0.3, 0.4) is 0 Å². The van der Waals surface area contributed by atoms with Gasteiger partial charge < -0.3 is 0 Å². The Labute approximate surface area is 134 Å². The van der Waals surface area contributed by atoms with E-state index in [-0.39, 0.29) is 18.4 Å². The minimum Gasteiger partial charge on any atom is -0.278 e. The zero-order valence-corrected chi connectivity index (χ0v) is 13.2. The Morgan fingerprint density at radius 2 is 1.67 bits per heavy atom. The lowest BCUT2D eigenvalue weighted by molar-refractivity contribution is -0.142. The summed E-state index contributed by atoms with van der Waals surface area (Å²) in [5.41, 5.74) is 0.193. The summed E-state index contributed by atoms with van der Waals surface area (Å²) in [5.74, 6) is -0.138. The molecule has 0 atom stereocenters. The molecular weight excluding hydrogens is 309 g/mol. The molecule has 1 aromatic rings. The monoisotopic (exact) mass is 325 g/mol. The van der Waals surface area contributed by atoms with Gasteiger partial charge in [-0.2, -0.15) is 0 Å². The second kappa shape index (κ2) is 5.62. The van der Waals surface area contributed by atoms with Gasteiger partial charge in [0.15, 0.2) is 0 Å². The standard InChI is InChI=1S/C16H17Cl2NO2/c17-12-5-4-6-13(18)11(12)10-19-14(20)9-16(15(19)21)7-2-1-3-8-16/h4-6H,1-3,7-10H2. The van der Waals surface area contributed by atoms with E-state index in [9.17, 15) is 9.59 Å². The maximum Gasteiger partial charge on any atom is 0.236 e. The fourth-order valence-electron chi connectivity index (χ4n) is 3.48. The molecule has 1 saturated carbocycles. The molecule has 2 amide bonds. The third kappa shape index (κ3) is 2.58. The van der Waals surface area contributed by atoms with Crippen LogP contribution < -0.4 is 0 Å². The van der Waals surface area contributed by atoms with Crippen molar-refractivity contribution in [1.29, 1.82) is 0 Å². The lowest BCUT2D eigenvalue weighted by Crippen LogP contribution is -2.36. The Morgan fingerprint density at radius 3 is 2.29 bits per heavy atom. The summed E-state index contributed by atoms with van der Waals surface area (Å²) in [6.07, 6.45) is 5.20. The molecule has 2 fully saturated rings. The molecule has 5 heteroatoms. The number of hydrogen-bond donors (Lipinski definition) is 0. The van der Waals surface area contributed by atoms with Crippen molar-refractivity contribution in [2.75, 3.05) is 0 Å². The first-order chi connectivity index (χ1) is 10.0. The number of nitrogens with zero attached hydrogens (tertiary/aromatic N) is 1. The number of benzene rings is 1. The summed E-state index contributed by atoms with van der Waals surface area (Å²) in [6.45, 7) is 0.178. The molecule has 21 heavy (non-hydrogen) atoms. The topological polar surface area (TPSA) is 37.4 Å². The Morgan fingerprint density at radius 1 is 1.05 bits per heavy atom. The maximum atomic E-state index is 12.7. The van der Waals surface area contributed by atoms with Crippen LogP contribution in [-0.2, 0) is 16.1 Å². The molecule has 1 saturated heterocycles. The van der Waals surface area contributed by atoms with E-state index in [1.54, 1.807) is 18.2 Å². The van der Waals surface area contributed by atoms with Crippen LogP contribution in [0.15, 0.2) is 18.2 Å². The fourth-order valence-corrected chi connectivity index (χ4v) is 4.00. The van der Waals surface area contributed by atoms with E-state index in [0.29, 0.717) is 22.0 Å². The summed E-state index contributed by atoms with van der Waals surface area (Å²) in [4.78, 5) is 26.4. The van der Waals surface area contributed by atoms with E-state index in [1.165, 1.54) is 4.90 Å². The van der Waals surface area contributed by atoms with Gasteiger partial charge in [-0.15, -0.1) is 0 Å². The molecular formula is C16H17Cl2NO2. The number of rotatable bonds is 2. The number of amides is 2. The van der Waals surface area contributed by atoms with Crippen LogP contribution in [0.5, 0.6) is 0 Å². The highest BCUT2D eigenvalue weighted by Crippen LogP contribution is 2.46. The fraction of sp³-hybridized carbons (Fsp3) is 0.500. The molecule has 1 spiro atoms. The maximum absolute atomic E-state index is 12.7. The van der Waals surface area contributed by atoms with Crippen molar-refractivity contribution in [2.45, 2.75) is 45.1 Å². The average Bonchev–Trinajstić information content (AvgIpc) is 2.67. The van der Waals surface area contributed by atoms with Gasteiger partial charge in [0, 0.05) is 22.0 Å². The number of imide groups is 1. The van der Waals surface area contributed by atoms with E-state index < -0.39 is 5.41 Å². The summed E-state index contributed by atoms with van der Waals surface area (Å²) >= 11 is 12.3. The SMILES string of the molecule is O=C1CC2(CCCCC2)C(=O)N1Cc1c(Cl)cccc1Cl. The Kier molecular flexibility index (Phi) is 3.98. The Balaban J connectivity index is 1.86. The first-order valence-corrected chi connectivity index (χ1v) is 8.07. The van der Waals surface area contributed by atoms with Crippen molar-refractivity contribution < 1.29 is 9.59 Å². The van der Waals surface area contributed by atoms with E-state index in [1.807, 2.05) is 0 Å². The van der Waals surface area contributed by atoms with E-state index >= 15 is 0 Å². The van der Waals surface area contributed by atoms with Gasteiger partial charge in [0.05, 0.1) is 12.0 Å². The zero-order chi connectivity index (χ0) is 15.0. The van der Waals surface area contributed by atoms with Crippen molar-refractivity contribution in [3.63, 3.8) is 0 Å². The van der Waals surface area contributed by atoms with Crippen LogP contribution in [0.25, 0.3) is 0 Å². The van der Waals surface area contributed by atoms with Gasteiger partial charge in [-0.1, -0.05) is 48.5 Å². The lowest BCUT2D eigenvalue weighted by atomic mass is 9.73. The van der Waals surface area contributed by atoms with Crippen LogP contribution in [0.2, 0.25) is 10.0 Å². The van der Waals surface area contributed by atoms with Crippen LogP contribution in [-0.4, -0.2) is 16.7 Å². The predicted octanol–water partition coefficient (Wildman–Crippen LogP) is 4.20. The zero-order valence-electron chi connectivity index (χ0n) is 11.7. The van der Waals surface area contributed by atoms with Crippen molar-refractivity contribution in [2.24, 2.45) is 5.41 Å². The lowest BCUT2D eigenvalue weighted by Gasteiger charge is -2.30. The smallest absolute Gasteiger partial charge is 0.236 e. The van der Waals surface area contributed by atoms with Crippen molar-refractivity contribution >= 4 is 35.0 Å². The highest BCUT2D eigenvalue weighted by Gasteiger charge is 2.51. The summed E-state index contributed by atoms with van der Waals surface area (Å²) < 4.78 is 0. The van der Waals surface area contributed by atoms with Crippen LogP contribution in [0.4, 0.5) is 0 Å².